The van der Waals surface area contributed by atoms with E-state index in [9.17, 15) is 0 Å². The third-order valence-electron chi connectivity index (χ3n) is 2.97. The van der Waals surface area contributed by atoms with Gasteiger partial charge in [0.2, 0.25) is 0 Å². The second-order valence-electron chi connectivity index (χ2n) is 4.80. The van der Waals surface area contributed by atoms with Gasteiger partial charge in [-0.25, -0.2) is 0 Å². The molecule has 0 saturated heterocycles. The standard InChI is InChI=1S/C9H13N.C8H12N2/c1-8-2-4-9(5-3-8)6-7-10;9-6-5-7-1-3-8(10)4-2-7/h2-5H,6-7,10H2,1H3;1-4H,5-6,9-10H2. The van der Waals surface area contributed by atoms with Gasteiger partial charge in [0.25, 0.3) is 0 Å². The van der Waals surface area contributed by atoms with Crippen LogP contribution in [0.4, 0.5) is 5.69 Å². The normalized spacial score (nSPS) is 9.75. The van der Waals surface area contributed by atoms with E-state index in [0.717, 1.165) is 25.1 Å². The smallest absolute Gasteiger partial charge is 0.0314 e. The average Bonchev–Trinajstić information content (AvgIpc) is 2.45. The number of hydrogen-bond donors (Lipinski definition) is 3. The van der Waals surface area contributed by atoms with Crippen molar-refractivity contribution >= 4 is 5.69 Å². The van der Waals surface area contributed by atoms with Crippen molar-refractivity contribution in [3.63, 3.8) is 0 Å². The summed E-state index contributed by atoms with van der Waals surface area (Å²) in [5, 5.41) is 0. The molecule has 20 heavy (non-hydrogen) atoms. The molecule has 2 aromatic carbocycles. The Morgan fingerprint density at radius 2 is 1.10 bits per heavy atom. The van der Waals surface area contributed by atoms with Crippen LogP contribution in [-0.4, -0.2) is 13.1 Å². The molecule has 108 valence electrons. The summed E-state index contributed by atoms with van der Waals surface area (Å²) in [4.78, 5) is 0. The van der Waals surface area contributed by atoms with Gasteiger partial charge in [-0.15, -0.1) is 0 Å². The number of rotatable bonds is 4. The number of anilines is 1. The van der Waals surface area contributed by atoms with Gasteiger partial charge in [-0.05, 0) is 56.1 Å². The predicted molar refractivity (Wildman–Crippen MR) is 87.6 cm³/mol. The Morgan fingerprint density at radius 1 is 0.700 bits per heavy atom. The Labute approximate surface area is 121 Å². The first-order chi connectivity index (χ1) is 9.65. The van der Waals surface area contributed by atoms with Crippen molar-refractivity contribution in [2.45, 2.75) is 19.8 Å². The summed E-state index contributed by atoms with van der Waals surface area (Å²) in [6.07, 6.45) is 1.92. The lowest BCUT2D eigenvalue weighted by molar-refractivity contribution is 0.968. The summed E-state index contributed by atoms with van der Waals surface area (Å²) in [6, 6.07) is 16.3. The van der Waals surface area contributed by atoms with Crippen LogP contribution >= 0.6 is 0 Å². The highest BCUT2D eigenvalue weighted by Crippen LogP contribution is 2.04. The van der Waals surface area contributed by atoms with E-state index in [1.807, 2.05) is 24.3 Å². The monoisotopic (exact) mass is 271 g/mol. The number of nitrogens with two attached hydrogens (primary N) is 3. The van der Waals surface area contributed by atoms with Gasteiger partial charge in [-0.1, -0.05) is 42.0 Å². The Morgan fingerprint density at radius 3 is 1.50 bits per heavy atom. The van der Waals surface area contributed by atoms with Crippen LogP contribution in [0.1, 0.15) is 16.7 Å². The zero-order valence-electron chi connectivity index (χ0n) is 12.2. The molecule has 0 fully saturated rings. The maximum Gasteiger partial charge on any atom is 0.0314 e. The molecule has 0 aliphatic carbocycles. The largest absolute Gasteiger partial charge is 0.399 e. The minimum Gasteiger partial charge on any atom is -0.399 e. The lowest BCUT2D eigenvalue weighted by Crippen LogP contribution is -2.02. The second-order valence-corrected chi connectivity index (χ2v) is 4.80. The summed E-state index contributed by atoms with van der Waals surface area (Å²) in [5.74, 6) is 0. The van der Waals surface area contributed by atoms with Crippen LogP contribution in [0.3, 0.4) is 0 Å². The molecule has 0 spiro atoms. The van der Waals surface area contributed by atoms with Gasteiger partial charge >= 0.3 is 0 Å². The van der Waals surface area contributed by atoms with Crippen molar-refractivity contribution < 1.29 is 0 Å². The Hall–Kier alpha value is -1.84. The maximum atomic E-state index is 5.49. The third-order valence-corrected chi connectivity index (χ3v) is 2.97. The molecular weight excluding hydrogens is 246 g/mol. The van der Waals surface area contributed by atoms with Gasteiger partial charge in [0.1, 0.15) is 0 Å². The molecule has 0 atom stereocenters. The fourth-order valence-electron chi connectivity index (χ4n) is 1.77. The minimum absolute atomic E-state index is 0.698. The van der Waals surface area contributed by atoms with Crippen molar-refractivity contribution in [3.05, 3.63) is 65.2 Å². The van der Waals surface area contributed by atoms with Gasteiger partial charge in [-0.3, -0.25) is 0 Å². The van der Waals surface area contributed by atoms with Crippen LogP contribution in [0.25, 0.3) is 0 Å². The van der Waals surface area contributed by atoms with E-state index < -0.39 is 0 Å². The first-order valence-corrected chi connectivity index (χ1v) is 6.96. The van der Waals surface area contributed by atoms with Gasteiger partial charge < -0.3 is 17.2 Å². The number of hydrogen-bond acceptors (Lipinski definition) is 3. The Kier molecular flexibility index (Phi) is 7.40. The number of nitrogen functional groups attached to an aromatic ring is 1. The Balaban J connectivity index is 0.000000200. The molecule has 0 radical (unpaired) electrons. The zero-order chi connectivity index (χ0) is 14.8. The van der Waals surface area contributed by atoms with Crippen LogP contribution in [0.5, 0.6) is 0 Å². The van der Waals surface area contributed by atoms with Crippen molar-refractivity contribution in [2.75, 3.05) is 18.8 Å². The molecule has 0 aliphatic rings. The zero-order valence-corrected chi connectivity index (χ0v) is 12.2. The predicted octanol–water partition coefficient (Wildman–Crippen LogP) is 2.27. The first kappa shape index (κ1) is 16.2. The van der Waals surface area contributed by atoms with Gasteiger partial charge in [0, 0.05) is 5.69 Å². The van der Waals surface area contributed by atoms with Crippen LogP contribution in [0.2, 0.25) is 0 Å². The highest BCUT2D eigenvalue weighted by molar-refractivity contribution is 5.39. The summed E-state index contributed by atoms with van der Waals surface area (Å²) in [6.45, 7) is 3.53. The molecule has 2 aromatic rings. The highest BCUT2D eigenvalue weighted by atomic mass is 14.5. The molecular formula is C17H25N3. The lowest BCUT2D eigenvalue weighted by Gasteiger charge is -1.97. The van der Waals surface area contributed by atoms with Crippen LogP contribution < -0.4 is 17.2 Å². The van der Waals surface area contributed by atoms with E-state index in [2.05, 4.69) is 31.2 Å². The molecule has 2 rings (SSSR count). The van der Waals surface area contributed by atoms with Gasteiger partial charge in [0.15, 0.2) is 0 Å². The number of benzene rings is 2. The van der Waals surface area contributed by atoms with E-state index in [1.165, 1.54) is 16.7 Å². The SMILES string of the molecule is Cc1ccc(CCN)cc1.NCCc1ccc(N)cc1. The van der Waals surface area contributed by atoms with Crippen molar-refractivity contribution in [1.29, 1.82) is 0 Å². The molecule has 3 heteroatoms. The molecule has 0 bridgehead atoms. The summed E-state index contributed by atoms with van der Waals surface area (Å²) in [5.41, 5.74) is 20.9. The topological polar surface area (TPSA) is 78.1 Å². The number of aryl methyl sites for hydroxylation is 1. The van der Waals surface area contributed by atoms with Crippen molar-refractivity contribution in [2.24, 2.45) is 11.5 Å². The molecule has 0 unspecified atom stereocenters. The van der Waals surface area contributed by atoms with E-state index in [1.54, 1.807) is 0 Å². The molecule has 0 amide bonds. The third kappa shape index (κ3) is 6.36. The van der Waals surface area contributed by atoms with E-state index in [0.29, 0.717) is 6.54 Å². The van der Waals surface area contributed by atoms with E-state index in [-0.39, 0.29) is 0 Å². The van der Waals surface area contributed by atoms with Gasteiger partial charge in [-0.2, -0.15) is 0 Å². The first-order valence-electron chi connectivity index (χ1n) is 6.96. The molecule has 3 nitrogen and oxygen atoms in total. The van der Waals surface area contributed by atoms with Crippen molar-refractivity contribution in [1.82, 2.24) is 0 Å². The average molecular weight is 271 g/mol. The fraction of sp³-hybridized carbons (Fsp3) is 0.294. The summed E-state index contributed by atoms with van der Waals surface area (Å²) < 4.78 is 0. The molecule has 0 aromatic heterocycles. The maximum absolute atomic E-state index is 5.49. The highest BCUT2D eigenvalue weighted by Gasteiger charge is 1.89. The fourth-order valence-corrected chi connectivity index (χ4v) is 1.77. The molecule has 0 heterocycles. The summed E-state index contributed by atoms with van der Waals surface area (Å²) >= 11 is 0. The van der Waals surface area contributed by atoms with E-state index >= 15 is 0 Å². The molecule has 6 N–H and O–H groups in total. The summed E-state index contributed by atoms with van der Waals surface area (Å²) in [7, 11) is 0. The van der Waals surface area contributed by atoms with Crippen LogP contribution in [0, 0.1) is 6.92 Å². The van der Waals surface area contributed by atoms with E-state index in [4.69, 9.17) is 17.2 Å². The van der Waals surface area contributed by atoms with Crippen LogP contribution in [0.15, 0.2) is 48.5 Å². The minimum atomic E-state index is 0.698. The molecule has 0 aliphatic heterocycles. The van der Waals surface area contributed by atoms with Gasteiger partial charge in [0.05, 0.1) is 0 Å². The Bertz CT molecular complexity index is 427. The van der Waals surface area contributed by atoms with Crippen molar-refractivity contribution in [3.8, 4) is 0 Å². The van der Waals surface area contributed by atoms with Crippen LogP contribution in [-0.2, 0) is 12.8 Å². The second kappa shape index (κ2) is 9.13. The lowest BCUT2D eigenvalue weighted by atomic mass is 10.1. The quantitative estimate of drug-likeness (QED) is 0.746. The molecule has 0 saturated carbocycles.